The molecule has 1 heterocycles. The fraction of sp³-hybridized carbons (Fsp3) is 0.914. The van der Waals surface area contributed by atoms with Gasteiger partial charge in [-0.1, -0.05) is 301 Å². The summed E-state index contributed by atoms with van der Waals surface area (Å²) in [4.78, 5) is 25.1. The van der Waals surface area contributed by atoms with E-state index in [4.69, 9.17) is 14.2 Å². The summed E-state index contributed by atoms with van der Waals surface area (Å²) >= 11 is 0. The van der Waals surface area contributed by atoms with E-state index in [1.54, 1.807) is 6.08 Å². The molecule has 1 amide bonds. The van der Waals surface area contributed by atoms with Crippen LogP contribution in [0.4, 0.5) is 0 Å². The molecule has 6 N–H and O–H groups in total. The maximum Gasteiger partial charge on any atom is 0.305 e. The van der Waals surface area contributed by atoms with Crippen molar-refractivity contribution in [3.63, 3.8) is 0 Å². The number of hydrogen-bond donors (Lipinski definition) is 6. The molecule has 0 aliphatic carbocycles. The summed E-state index contributed by atoms with van der Waals surface area (Å²) in [7, 11) is 0. The number of aliphatic hydroxyl groups excluding tert-OH is 5. The molecule has 7 atom stereocenters. The summed E-state index contributed by atoms with van der Waals surface area (Å²) in [5, 5.41) is 54.3. The van der Waals surface area contributed by atoms with Crippen LogP contribution in [0.1, 0.15) is 348 Å². The van der Waals surface area contributed by atoms with Crippen LogP contribution in [0, 0.1) is 0 Å². The normalized spacial score (nSPS) is 18.3. The quantitative estimate of drug-likeness (QED) is 0.0195. The zero-order valence-corrected chi connectivity index (χ0v) is 53.0. The number of carbonyl (C=O) groups excluding carboxylic acids is 2. The van der Waals surface area contributed by atoms with E-state index in [0.29, 0.717) is 19.4 Å². The number of ether oxygens (including phenoxy) is 3. The minimum absolute atomic E-state index is 0.00329. The number of carbonyl (C=O) groups is 2. The van der Waals surface area contributed by atoms with Crippen molar-refractivity contribution >= 4 is 11.9 Å². The molecule has 0 aromatic carbocycles. The molecule has 1 aliphatic heterocycles. The van der Waals surface area contributed by atoms with Gasteiger partial charge < -0.3 is 45.1 Å². The van der Waals surface area contributed by atoms with Crippen LogP contribution in [0.25, 0.3) is 0 Å². The first-order valence-electron chi connectivity index (χ1n) is 35.1. The summed E-state index contributed by atoms with van der Waals surface area (Å²) in [5.74, 6) is -0.176. The molecule has 11 heteroatoms. The second kappa shape index (κ2) is 59.9. The first-order chi connectivity index (χ1) is 39.7. The van der Waals surface area contributed by atoms with Crippen LogP contribution in [0.2, 0.25) is 0 Å². The molecule has 1 saturated heterocycles. The minimum Gasteiger partial charge on any atom is -0.466 e. The first-order valence-corrected chi connectivity index (χ1v) is 35.1. The zero-order valence-electron chi connectivity index (χ0n) is 53.0. The highest BCUT2D eigenvalue weighted by molar-refractivity contribution is 5.76. The molecular weight excluding hydrogens is 1010 g/mol. The van der Waals surface area contributed by atoms with E-state index in [1.165, 1.54) is 263 Å². The van der Waals surface area contributed by atoms with Gasteiger partial charge in [0, 0.05) is 12.8 Å². The van der Waals surface area contributed by atoms with Gasteiger partial charge in [0.05, 0.1) is 32.0 Å². The predicted molar refractivity (Wildman–Crippen MR) is 338 cm³/mol. The van der Waals surface area contributed by atoms with Crippen molar-refractivity contribution in [2.75, 3.05) is 19.8 Å². The summed E-state index contributed by atoms with van der Waals surface area (Å²) in [6, 6.07) is -0.805. The molecule has 478 valence electrons. The summed E-state index contributed by atoms with van der Waals surface area (Å²) in [5.41, 5.74) is 0. The molecule has 0 aromatic heterocycles. The van der Waals surface area contributed by atoms with Crippen molar-refractivity contribution in [3.8, 4) is 0 Å². The Morgan fingerprint density at radius 1 is 0.444 bits per heavy atom. The Morgan fingerprint density at radius 2 is 0.790 bits per heavy atom. The molecule has 0 bridgehead atoms. The van der Waals surface area contributed by atoms with Crippen molar-refractivity contribution in [2.24, 2.45) is 0 Å². The van der Waals surface area contributed by atoms with Crippen molar-refractivity contribution in [1.29, 1.82) is 0 Å². The van der Waals surface area contributed by atoms with Crippen LogP contribution >= 0.6 is 0 Å². The highest BCUT2D eigenvalue weighted by Crippen LogP contribution is 2.23. The lowest BCUT2D eigenvalue weighted by atomic mass is 9.99. The Bertz CT molecular complexity index is 1390. The monoisotopic (exact) mass is 1150 g/mol. The predicted octanol–water partition coefficient (Wildman–Crippen LogP) is 17.6. The van der Waals surface area contributed by atoms with Gasteiger partial charge in [-0.15, -0.1) is 0 Å². The van der Waals surface area contributed by atoms with Crippen LogP contribution in [0.15, 0.2) is 24.3 Å². The maximum absolute atomic E-state index is 13.0. The number of amides is 1. The average molecular weight is 1150 g/mol. The van der Waals surface area contributed by atoms with E-state index < -0.39 is 49.5 Å². The topological polar surface area (TPSA) is 175 Å². The third-order valence-corrected chi connectivity index (χ3v) is 16.8. The van der Waals surface area contributed by atoms with Gasteiger partial charge in [0.1, 0.15) is 24.4 Å². The van der Waals surface area contributed by atoms with Gasteiger partial charge in [0.25, 0.3) is 0 Å². The molecule has 1 fully saturated rings. The van der Waals surface area contributed by atoms with Crippen molar-refractivity contribution < 1.29 is 49.3 Å². The number of aliphatic hydroxyl groups is 5. The molecular formula is C70H133NO10. The number of esters is 1. The van der Waals surface area contributed by atoms with E-state index in [9.17, 15) is 35.1 Å². The van der Waals surface area contributed by atoms with Gasteiger partial charge in [-0.2, -0.15) is 0 Å². The Hall–Kier alpha value is -1.86. The van der Waals surface area contributed by atoms with Gasteiger partial charge in [-0.25, -0.2) is 0 Å². The standard InChI is InChI=1S/C70H133NO10/c1-3-5-7-9-11-13-14-15-31-35-38-42-46-50-54-58-66(75)79-59-55-51-47-43-39-36-33-30-28-26-24-22-20-18-16-17-19-21-23-25-27-29-32-34-37-41-45-49-53-57-65(74)71-62(63(73)56-52-48-44-40-12-10-8-6-4-2)61-80-70-69(78)68(77)67(76)64(60-72)81-70/h15,31,52,56,62-64,67-70,72-73,76-78H,3-14,16-30,32-51,53-55,57-61H2,1-2H3,(H,71,74)/b31-15-,56-52+. The Morgan fingerprint density at radius 3 is 1.19 bits per heavy atom. The maximum atomic E-state index is 13.0. The van der Waals surface area contributed by atoms with Crippen LogP contribution in [0.3, 0.4) is 0 Å². The van der Waals surface area contributed by atoms with Gasteiger partial charge in [-0.05, 0) is 57.8 Å². The number of allylic oxidation sites excluding steroid dienone is 3. The summed E-state index contributed by atoms with van der Waals surface area (Å²) in [6.45, 7) is 4.34. The lowest BCUT2D eigenvalue weighted by molar-refractivity contribution is -0.302. The van der Waals surface area contributed by atoms with Crippen LogP contribution in [0.5, 0.6) is 0 Å². The number of nitrogens with one attached hydrogen (secondary N) is 1. The van der Waals surface area contributed by atoms with Gasteiger partial charge in [0.15, 0.2) is 6.29 Å². The van der Waals surface area contributed by atoms with Crippen LogP contribution in [-0.4, -0.2) is 100 Å². The number of unbranched alkanes of at least 4 members (excludes halogenated alkanes) is 46. The van der Waals surface area contributed by atoms with Crippen molar-refractivity contribution in [2.45, 2.75) is 391 Å². The third-order valence-electron chi connectivity index (χ3n) is 16.8. The fourth-order valence-corrected chi connectivity index (χ4v) is 11.3. The lowest BCUT2D eigenvalue weighted by Crippen LogP contribution is -2.60. The number of rotatable bonds is 62. The van der Waals surface area contributed by atoms with Gasteiger partial charge in [-0.3, -0.25) is 9.59 Å². The molecule has 0 radical (unpaired) electrons. The first kappa shape index (κ1) is 77.2. The molecule has 11 nitrogen and oxygen atoms in total. The fourth-order valence-electron chi connectivity index (χ4n) is 11.3. The highest BCUT2D eigenvalue weighted by atomic mass is 16.7. The van der Waals surface area contributed by atoms with Crippen LogP contribution < -0.4 is 5.32 Å². The minimum atomic E-state index is -1.57. The average Bonchev–Trinajstić information content (AvgIpc) is 3.47. The second-order valence-electron chi connectivity index (χ2n) is 24.6. The highest BCUT2D eigenvalue weighted by Gasteiger charge is 2.44. The molecule has 0 aromatic rings. The SMILES string of the molecule is CCCCCCCC/C=C\CCCCCCCC(=O)OCCCCCCCCCCCCCCCCCCCCCCCCCCCCCCCC(=O)NC(COC1OC(CO)C(O)C(O)C1O)C(O)/C=C/CCCCCCCCC. The van der Waals surface area contributed by atoms with Gasteiger partial charge in [0.2, 0.25) is 5.91 Å². The molecule has 1 rings (SSSR count). The molecule has 81 heavy (non-hydrogen) atoms. The van der Waals surface area contributed by atoms with Crippen LogP contribution in [-0.2, 0) is 23.8 Å². The molecule has 0 saturated carbocycles. The molecule has 0 spiro atoms. The van der Waals surface area contributed by atoms with Crippen molar-refractivity contribution in [3.05, 3.63) is 24.3 Å². The Balaban J connectivity index is 1.90. The van der Waals surface area contributed by atoms with E-state index in [0.717, 1.165) is 57.8 Å². The molecule has 1 aliphatic rings. The lowest BCUT2D eigenvalue weighted by Gasteiger charge is -2.40. The smallest absolute Gasteiger partial charge is 0.305 e. The number of hydrogen-bond acceptors (Lipinski definition) is 10. The van der Waals surface area contributed by atoms with E-state index >= 15 is 0 Å². The summed E-state index contributed by atoms with van der Waals surface area (Å²) in [6.07, 6.45) is 64.7. The zero-order chi connectivity index (χ0) is 58.7. The second-order valence-corrected chi connectivity index (χ2v) is 24.6. The largest absolute Gasteiger partial charge is 0.466 e. The van der Waals surface area contributed by atoms with E-state index in [2.05, 4.69) is 31.3 Å². The van der Waals surface area contributed by atoms with E-state index in [-0.39, 0.29) is 18.5 Å². The van der Waals surface area contributed by atoms with E-state index in [1.807, 2.05) is 6.08 Å². The Kier molecular flexibility index (Phi) is 57.0. The third kappa shape index (κ3) is 49.0. The molecule has 7 unspecified atom stereocenters. The Labute approximate surface area is 499 Å². The van der Waals surface area contributed by atoms with Crippen molar-refractivity contribution in [1.82, 2.24) is 5.32 Å². The van der Waals surface area contributed by atoms with Gasteiger partial charge >= 0.3 is 5.97 Å². The summed E-state index contributed by atoms with van der Waals surface area (Å²) < 4.78 is 16.7.